The van der Waals surface area contributed by atoms with Crippen LogP contribution in [0.5, 0.6) is 0 Å². The molecule has 5 rings (SSSR count). The number of aliphatic hydroxyl groups is 1. The molecule has 2 N–H and O–H groups in total. The molecule has 1 fully saturated rings. The van der Waals surface area contributed by atoms with Crippen LogP contribution in [-0.4, -0.2) is 43.0 Å². The summed E-state index contributed by atoms with van der Waals surface area (Å²) in [7, 11) is 0. The molecule has 2 atom stereocenters. The molecule has 2 aromatic heterocycles. The van der Waals surface area contributed by atoms with Gasteiger partial charge in [-0.15, -0.1) is 0 Å². The average molecular weight is 463 g/mol. The standard InChI is InChI=1S/C26H27FN4O3/c1-15(2)24-20(12-11-19-13-18(32)14-23(33)34-19)25(16-7-9-17(27)10-8-16)31(30-24)26-28-21-5-3-4-6-22(21)29-26/h3-10,15,18-19,32H,11-14H2,1-2H3,(H,28,29)/t18-,19+/m0/s1. The van der Waals surface area contributed by atoms with Gasteiger partial charge in [0.15, 0.2) is 0 Å². The lowest BCUT2D eigenvalue weighted by Gasteiger charge is -2.26. The van der Waals surface area contributed by atoms with Gasteiger partial charge in [0.25, 0.3) is 0 Å². The minimum absolute atomic E-state index is 0.0402. The highest BCUT2D eigenvalue weighted by atomic mass is 19.1. The lowest BCUT2D eigenvalue weighted by molar-refractivity contribution is -0.160. The number of nitrogens with zero attached hydrogens (tertiary/aromatic N) is 3. The second-order valence-electron chi connectivity index (χ2n) is 9.11. The van der Waals surface area contributed by atoms with Gasteiger partial charge in [0, 0.05) is 17.5 Å². The van der Waals surface area contributed by atoms with Crippen molar-refractivity contribution in [3.63, 3.8) is 0 Å². The maximum atomic E-state index is 13.8. The number of aliphatic hydroxyl groups excluding tert-OH is 1. The Morgan fingerprint density at radius 3 is 2.68 bits per heavy atom. The second kappa shape index (κ2) is 9.02. The molecule has 0 radical (unpaired) electrons. The summed E-state index contributed by atoms with van der Waals surface area (Å²) < 4.78 is 21.0. The van der Waals surface area contributed by atoms with Crippen molar-refractivity contribution < 1.29 is 19.0 Å². The van der Waals surface area contributed by atoms with Crippen molar-refractivity contribution in [2.75, 3.05) is 0 Å². The van der Waals surface area contributed by atoms with E-state index in [4.69, 9.17) is 14.8 Å². The highest BCUT2D eigenvalue weighted by Crippen LogP contribution is 2.34. The monoisotopic (exact) mass is 462 g/mol. The third-order valence-electron chi connectivity index (χ3n) is 6.21. The van der Waals surface area contributed by atoms with Crippen molar-refractivity contribution >= 4 is 17.0 Å². The number of rotatable bonds is 6. The van der Waals surface area contributed by atoms with E-state index in [0.717, 1.165) is 33.5 Å². The Balaban J connectivity index is 1.61. The number of ether oxygens (including phenoxy) is 1. The molecule has 4 aromatic rings. The zero-order chi connectivity index (χ0) is 23.8. The number of hydrogen-bond acceptors (Lipinski definition) is 5. The maximum absolute atomic E-state index is 13.8. The third kappa shape index (κ3) is 4.33. The number of esters is 1. The fourth-order valence-electron chi connectivity index (χ4n) is 4.62. The molecule has 0 amide bonds. The summed E-state index contributed by atoms with van der Waals surface area (Å²) in [5, 5.41) is 14.9. The number of aromatic amines is 1. The number of imidazole rings is 1. The summed E-state index contributed by atoms with van der Waals surface area (Å²) in [5.41, 5.74) is 5.27. The van der Waals surface area contributed by atoms with Crippen molar-refractivity contribution in [1.29, 1.82) is 0 Å². The van der Waals surface area contributed by atoms with Crippen LogP contribution in [0, 0.1) is 5.82 Å². The predicted molar refractivity (Wildman–Crippen MR) is 126 cm³/mol. The maximum Gasteiger partial charge on any atom is 0.308 e. The first kappa shape index (κ1) is 22.3. The zero-order valence-electron chi connectivity index (χ0n) is 19.2. The molecule has 3 heterocycles. The quantitative estimate of drug-likeness (QED) is 0.406. The number of para-hydroxylation sites is 2. The molecule has 0 bridgehead atoms. The lowest BCUT2D eigenvalue weighted by Crippen LogP contribution is -2.32. The van der Waals surface area contributed by atoms with Gasteiger partial charge in [0.2, 0.25) is 5.95 Å². The van der Waals surface area contributed by atoms with Crippen LogP contribution in [0.25, 0.3) is 28.2 Å². The molecule has 176 valence electrons. The molecule has 1 saturated heterocycles. The molecule has 0 aliphatic carbocycles. The summed E-state index contributed by atoms with van der Waals surface area (Å²) in [4.78, 5) is 19.9. The molecule has 7 nitrogen and oxygen atoms in total. The fraction of sp³-hybridized carbons (Fsp3) is 0.346. The van der Waals surface area contributed by atoms with E-state index in [0.29, 0.717) is 25.2 Å². The summed E-state index contributed by atoms with van der Waals surface area (Å²) in [6, 6.07) is 14.1. The number of cyclic esters (lactones) is 1. The van der Waals surface area contributed by atoms with Crippen molar-refractivity contribution in [1.82, 2.24) is 19.7 Å². The summed E-state index contributed by atoms with van der Waals surface area (Å²) >= 11 is 0. The Morgan fingerprint density at radius 2 is 1.97 bits per heavy atom. The number of fused-ring (bicyclic) bond motifs is 1. The second-order valence-corrected chi connectivity index (χ2v) is 9.11. The van der Waals surface area contributed by atoms with Crippen molar-refractivity contribution in [2.45, 2.75) is 57.7 Å². The number of carbonyl (C=O) groups excluding carboxylic acids is 1. The van der Waals surface area contributed by atoms with Crippen molar-refractivity contribution in [3.05, 3.63) is 65.6 Å². The Labute approximate surface area is 196 Å². The molecule has 8 heteroatoms. The minimum Gasteiger partial charge on any atom is -0.462 e. The largest absolute Gasteiger partial charge is 0.462 e. The number of halogens is 1. The van der Waals surface area contributed by atoms with Gasteiger partial charge in [-0.1, -0.05) is 26.0 Å². The SMILES string of the molecule is CC(C)c1nn(-c2nc3ccccc3[nH]2)c(-c2ccc(F)cc2)c1CC[C@@H]1C[C@H](O)CC(=O)O1. The van der Waals surface area contributed by atoms with Crippen LogP contribution in [-0.2, 0) is 16.0 Å². The number of hydrogen-bond donors (Lipinski definition) is 2. The van der Waals surface area contributed by atoms with Gasteiger partial charge >= 0.3 is 5.97 Å². The average Bonchev–Trinajstić information content (AvgIpc) is 3.39. The summed E-state index contributed by atoms with van der Waals surface area (Å²) in [5.74, 6) is 0.0179. The first-order chi connectivity index (χ1) is 16.4. The van der Waals surface area contributed by atoms with Crippen LogP contribution >= 0.6 is 0 Å². The van der Waals surface area contributed by atoms with E-state index in [1.807, 2.05) is 24.3 Å². The molecule has 1 aliphatic rings. The summed E-state index contributed by atoms with van der Waals surface area (Å²) in [6.07, 6.45) is 0.580. The van der Waals surface area contributed by atoms with Crippen LogP contribution in [0.3, 0.4) is 0 Å². The fourth-order valence-corrected chi connectivity index (χ4v) is 4.62. The van der Waals surface area contributed by atoms with Crippen LogP contribution < -0.4 is 0 Å². The van der Waals surface area contributed by atoms with Crippen molar-refractivity contribution in [2.24, 2.45) is 0 Å². The molecule has 0 unspecified atom stereocenters. The Hall–Kier alpha value is -3.52. The normalized spacial score (nSPS) is 18.6. The Morgan fingerprint density at radius 1 is 1.21 bits per heavy atom. The Bertz CT molecular complexity index is 1290. The number of aromatic nitrogens is 4. The Kier molecular flexibility index (Phi) is 5.91. The van der Waals surface area contributed by atoms with Gasteiger partial charge in [-0.3, -0.25) is 4.79 Å². The topological polar surface area (TPSA) is 93.0 Å². The third-order valence-corrected chi connectivity index (χ3v) is 6.21. The van der Waals surface area contributed by atoms with Crippen molar-refractivity contribution in [3.8, 4) is 17.2 Å². The smallest absolute Gasteiger partial charge is 0.308 e. The predicted octanol–water partition coefficient (Wildman–Crippen LogP) is 4.68. The molecule has 0 spiro atoms. The highest BCUT2D eigenvalue weighted by molar-refractivity contribution is 5.77. The van der Waals surface area contributed by atoms with Crippen LogP contribution in [0.2, 0.25) is 0 Å². The van der Waals surface area contributed by atoms with E-state index in [1.165, 1.54) is 12.1 Å². The van der Waals surface area contributed by atoms with Gasteiger partial charge in [0.1, 0.15) is 11.9 Å². The first-order valence-corrected chi connectivity index (χ1v) is 11.6. The van der Waals surface area contributed by atoms with E-state index in [1.54, 1.807) is 16.8 Å². The number of carbonyl (C=O) groups is 1. The van der Waals surface area contributed by atoms with Gasteiger partial charge < -0.3 is 14.8 Å². The van der Waals surface area contributed by atoms with Gasteiger partial charge in [-0.05, 0) is 55.2 Å². The minimum atomic E-state index is -0.675. The molecular weight excluding hydrogens is 435 g/mol. The van der Waals surface area contributed by atoms with E-state index in [-0.39, 0.29) is 30.2 Å². The number of nitrogens with one attached hydrogen (secondary N) is 1. The molecule has 0 saturated carbocycles. The number of H-pyrrole nitrogens is 1. The van der Waals surface area contributed by atoms with Crippen LogP contribution in [0.4, 0.5) is 4.39 Å². The zero-order valence-corrected chi connectivity index (χ0v) is 19.2. The summed E-state index contributed by atoms with van der Waals surface area (Å²) in [6.45, 7) is 4.15. The van der Waals surface area contributed by atoms with Gasteiger partial charge in [0.05, 0.1) is 34.9 Å². The molecule has 1 aliphatic heterocycles. The van der Waals surface area contributed by atoms with E-state index in [2.05, 4.69) is 18.8 Å². The van der Waals surface area contributed by atoms with Gasteiger partial charge in [-0.2, -0.15) is 9.78 Å². The molecule has 2 aromatic carbocycles. The van der Waals surface area contributed by atoms with Gasteiger partial charge in [-0.25, -0.2) is 9.37 Å². The van der Waals surface area contributed by atoms with E-state index < -0.39 is 6.10 Å². The first-order valence-electron chi connectivity index (χ1n) is 11.6. The van der Waals surface area contributed by atoms with E-state index in [9.17, 15) is 14.3 Å². The highest BCUT2D eigenvalue weighted by Gasteiger charge is 2.29. The number of benzene rings is 2. The molecule has 34 heavy (non-hydrogen) atoms. The lowest BCUT2D eigenvalue weighted by atomic mass is 9.93. The van der Waals surface area contributed by atoms with Crippen LogP contribution in [0.1, 0.15) is 50.3 Å². The van der Waals surface area contributed by atoms with Crippen LogP contribution in [0.15, 0.2) is 48.5 Å². The molecular formula is C26H27FN4O3. The van der Waals surface area contributed by atoms with E-state index >= 15 is 0 Å².